The van der Waals surface area contributed by atoms with Gasteiger partial charge in [-0.1, -0.05) is 0 Å². The lowest BCUT2D eigenvalue weighted by molar-refractivity contribution is 0.126. The molecule has 0 atom stereocenters. The Morgan fingerprint density at radius 2 is 1.20 bits per heavy atom. The molecule has 0 aromatic heterocycles. The van der Waals surface area contributed by atoms with Gasteiger partial charge in [0, 0.05) is 26.4 Å². The smallest absolute Gasteiger partial charge is 0.0466 e. The van der Waals surface area contributed by atoms with E-state index in [1.54, 1.807) is 0 Å². The van der Waals surface area contributed by atoms with Crippen LogP contribution in [0.4, 0.5) is 0 Å². The first-order chi connectivity index (χ1) is 4.91. The van der Waals surface area contributed by atoms with Gasteiger partial charge >= 0.3 is 0 Å². The summed E-state index contributed by atoms with van der Waals surface area (Å²) < 4.78 is 10.1. The maximum atomic E-state index is 5.03. The molecule has 0 saturated heterocycles. The standard InChI is InChI=1S/C8H16O2/c1-3-9-7-5-6-8-10-4-2/h1-8H2. The summed E-state index contributed by atoms with van der Waals surface area (Å²) in [7, 11) is 0. The summed E-state index contributed by atoms with van der Waals surface area (Å²) in [5, 5.41) is 0. The molecule has 0 aliphatic rings. The van der Waals surface area contributed by atoms with E-state index in [1.807, 2.05) is 0 Å². The molecule has 0 aromatic carbocycles. The minimum absolute atomic E-state index is 0.566. The van der Waals surface area contributed by atoms with Crippen LogP contribution in [0.3, 0.4) is 0 Å². The normalized spacial score (nSPS) is 10.2. The molecule has 2 heteroatoms. The third-order valence-electron chi connectivity index (χ3n) is 1.12. The van der Waals surface area contributed by atoms with Crippen LogP contribution in [0.5, 0.6) is 0 Å². The third-order valence-corrected chi connectivity index (χ3v) is 1.12. The molecule has 0 aromatic rings. The van der Waals surface area contributed by atoms with Crippen LogP contribution in [-0.2, 0) is 9.47 Å². The zero-order valence-electron chi connectivity index (χ0n) is 6.47. The number of rotatable bonds is 7. The van der Waals surface area contributed by atoms with Gasteiger partial charge in [0.05, 0.1) is 0 Å². The molecule has 2 radical (unpaired) electrons. The molecule has 0 rings (SSSR count). The Balaban J connectivity index is 2.65. The number of hydrogen-bond acceptors (Lipinski definition) is 2. The van der Waals surface area contributed by atoms with Crippen molar-refractivity contribution in [1.82, 2.24) is 0 Å². The highest BCUT2D eigenvalue weighted by molar-refractivity contribution is 4.39. The summed E-state index contributed by atoms with van der Waals surface area (Å²) in [5.74, 6) is 0. The first-order valence-corrected chi connectivity index (χ1v) is 3.65. The monoisotopic (exact) mass is 144 g/mol. The SMILES string of the molecule is [CH2]COCCCCOC[CH2]. The quantitative estimate of drug-likeness (QED) is 0.504. The zero-order chi connectivity index (χ0) is 7.66. The first kappa shape index (κ1) is 9.92. The number of ether oxygens (including phenoxy) is 2. The fraction of sp³-hybridized carbons (Fsp3) is 0.750. The van der Waals surface area contributed by atoms with E-state index in [1.165, 1.54) is 0 Å². The molecule has 0 heterocycles. The number of hydrogen-bond donors (Lipinski definition) is 0. The molecular weight excluding hydrogens is 128 g/mol. The molecule has 0 aliphatic heterocycles. The van der Waals surface area contributed by atoms with E-state index in [4.69, 9.17) is 9.47 Å². The van der Waals surface area contributed by atoms with Crippen molar-refractivity contribution in [2.24, 2.45) is 0 Å². The molecule has 0 bridgehead atoms. The first-order valence-electron chi connectivity index (χ1n) is 3.65. The summed E-state index contributed by atoms with van der Waals surface area (Å²) in [6.45, 7) is 9.83. The maximum absolute atomic E-state index is 5.03. The van der Waals surface area contributed by atoms with Gasteiger partial charge in [0.2, 0.25) is 0 Å². The predicted octanol–water partition coefficient (Wildman–Crippen LogP) is 1.47. The summed E-state index contributed by atoms with van der Waals surface area (Å²) in [6, 6.07) is 0. The van der Waals surface area contributed by atoms with Gasteiger partial charge in [-0.15, -0.1) is 0 Å². The van der Waals surface area contributed by atoms with Crippen molar-refractivity contribution >= 4 is 0 Å². The highest BCUT2D eigenvalue weighted by atomic mass is 16.5. The maximum Gasteiger partial charge on any atom is 0.0466 e. The highest BCUT2D eigenvalue weighted by Crippen LogP contribution is 1.90. The van der Waals surface area contributed by atoms with Crippen molar-refractivity contribution < 1.29 is 9.47 Å². The van der Waals surface area contributed by atoms with Crippen molar-refractivity contribution in [3.63, 3.8) is 0 Å². The van der Waals surface area contributed by atoms with E-state index in [2.05, 4.69) is 13.8 Å². The van der Waals surface area contributed by atoms with Crippen LogP contribution in [0, 0.1) is 13.8 Å². The summed E-state index contributed by atoms with van der Waals surface area (Å²) in [5.41, 5.74) is 0. The summed E-state index contributed by atoms with van der Waals surface area (Å²) in [4.78, 5) is 0. The topological polar surface area (TPSA) is 18.5 Å². The Labute approximate surface area is 63.5 Å². The van der Waals surface area contributed by atoms with Crippen LogP contribution in [0.2, 0.25) is 0 Å². The van der Waals surface area contributed by atoms with Crippen LogP contribution >= 0.6 is 0 Å². The van der Waals surface area contributed by atoms with Crippen LogP contribution in [0.1, 0.15) is 12.8 Å². The predicted molar refractivity (Wildman–Crippen MR) is 41.6 cm³/mol. The van der Waals surface area contributed by atoms with Gasteiger partial charge < -0.3 is 9.47 Å². The summed E-state index contributed by atoms with van der Waals surface area (Å²) >= 11 is 0. The van der Waals surface area contributed by atoms with Crippen molar-refractivity contribution in [2.75, 3.05) is 26.4 Å². The lowest BCUT2D eigenvalue weighted by Gasteiger charge is -2.00. The molecule has 0 N–H and O–H groups in total. The van der Waals surface area contributed by atoms with E-state index >= 15 is 0 Å². The Bertz CT molecular complexity index is 47.2. The highest BCUT2D eigenvalue weighted by Gasteiger charge is 1.86. The molecule has 0 saturated carbocycles. The van der Waals surface area contributed by atoms with E-state index in [9.17, 15) is 0 Å². The fourth-order valence-corrected chi connectivity index (χ4v) is 0.612. The van der Waals surface area contributed by atoms with Gasteiger partial charge in [0.25, 0.3) is 0 Å². The second kappa shape index (κ2) is 8.92. The van der Waals surface area contributed by atoms with Crippen LogP contribution in [0.25, 0.3) is 0 Å². The average molecular weight is 144 g/mol. The van der Waals surface area contributed by atoms with E-state index in [0.29, 0.717) is 13.2 Å². The van der Waals surface area contributed by atoms with Gasteiger partial charge in [-0.3, -0.25) is 0 Å². The minimum atomic E-state index is 0.566. The van der Waals surface area contributed by atoms with Crippen LogP contribution in [0.15, 0.2) is 0 Å². The van der Waals surface area contributed by atoms with Crippen LogP contribution in [-0.4, -0.2) is 26.4 Å². The Morgan fingerprint density at radius 1 is 0.800 bits per heavy atom. The van der Waals surface area contributed by atoms with E-state index in [0.717, 1.165) is 26.1 Å². The summed E-state index contributed by atoms with van der Waals surface area (Å²) in [6.07, 6.45) is 2.10. The van der Waals surface area contributed by atoms with E-state index < -0.39 is 0 Å². The second-order valence-corrected chi connectivity index (χ2v) is 1.93. The largest absolute Gasteiger partial charge is 0.381 e. The van der Waals surface area contributed by atoms with Gasteiger partial charge in [-0.25, -0.2) is 0 Å². The molecule has 0 amide bonds. The lowest BCUT2D eigenvalue weighted by atomic mass is 10.3. The molecule has 0 fully saturated rings. The van der Waals surface area contributed by atoms with Gasteiger partial charge in [0.1, 0.15) is 0 Å². The Morgan fingerprint density at radius 3 is 1.50 bits per heavy atom. The molecule has 0 spiro atoms. The Hall–Kier alpha value is -0.0800. The molecule has 0 unspecified atom stereocenters. The lowest BCUT2D eigenvalue weighted by Crippen LogP contribution is -1.98. The van der Waals surface area contributed by atoms with Gasteiger partial charge in [-0.2, -0.15) is 0 Å². The molecule has 0 aliphatic carbocycles. The number of unbranched alkanes of at least 4 members (excludes halogenated alkanes) is 1. The zero-order valence-corrected chi connectivity index (χ0v) is 6.47. The third kappa shape index (κ3) is 7.92. The van der Waals surface area contributed by atoms with Crippen molar-refractivity contribution in [3.8, 4) is 0 Å². The van der Waals surface area contributed by atoms with Gasteiger partial charge in [0.15, 0.2) is 0 Å². The van der Waals surface area contributed by atoms with Crippen LogP contribution < -0.4 is 0 Å². The van der Waals surface area contributed by atoms with E-state index in [-0.39, 0.29) is 0 Å². The average Bonchev–Trinajstić information content (AvgIpc) is 1.97. The second-order valence-electron chi connectivity index (χ2n) is 1.93. The molecular formula is C8H16O2. The minimum Gasteiger partial charge on any atom is -0.381 e. The van der Waals surface area contributed by atoms with Crippen molar-refractivity contribution in [2.45, 2.75) is 12.8 Å². The molecule has 2 nitrogen and oxygen atoms in total. The molecule has 60 valence electrons. The van der Waals surface area contributed by atoms with Crippen molar-refractivity contribution in [3.05, 3.63) is 13.8 Å². The Kier molecular flexibility index (Phi) is 8.85. The molecule has 10 heavy (non-hydrogen) atoms. The van der Waals surface area contributed by atoms with Crippen molar-refractivity contribution in [1.29, 1.82) is 0 Å². The fourth-order valence-electron chi connectivity index (χ4n) is 0.612. The van der Waals surface area contributed by atoms with Gasteiger partial charge in [-0.05, 0) is 26.7 Å².